The van der Waals surface area contributed by atoms with Gasteiger partial charge in [0.1, 0.15) is 12.4 Å². The van der Waals surface area contributed by atoms with Gasteiger partial charge in [-0.1, -0.05) is 24.3 Å². The molecule has 1 aromatic carbocycles. The highest BCUT2D eigenvalue weighted by molar-refractivity contribution is 5.85. The maximum Gasteiger partial charge on any atom is 0.146 e. The van der Waals surface area contributed by atoms with Crippen LogP contribution < -0.4 is 0 Å². The molecule has 6 heteroatoms. The van der Waals surface area contributed by atoms with Crippen molar-refractivity contribution in [3.8, 4) is 0 Å². The number of methoxy groups -OCH3 is 1. The molecular formula is C23H32N2O4. The number of para-hydroxylation sites is 1. The fraction of sp³-hybridized carbons (Fsp3) is 0.565. The summed E-state index contributed by atoms with van der Waals surface area (Å²) in [6.45, 7) is 7.60. The molecule has 1 aromatic heterocycles. The van der Waals surface area contributed by atoms with Crippen molar-refractivity contribution in [1.82, 2.24) is 9.88 Å². The molecule has 0 amide bonds. The van der Waals surface area contributed by atoms with E-state index in [-0.39, 0.29) is 6.79 Å². The van der Waals surface area contributed by atoms with Gasteiger partial charge >= 0.3 is 0 Å². The van der Waals surface area contributed by atoms with E-state index in [4.69, 9.17) is 14.2 Å². The van der Waals surface area contributed by atoms with Gasteiger partial charge in [-0.15, -0.1) is 0 Å². The summed E-state index contributed by atoms with van der Waals surface area (Å²) in [7, 11) is 1.65. The van der Waals surface area contributed by atoms with Crippen molar-refractivity contribution < 1.29 is 19.3 Å². The Bertz CT molecular complexity index is 892. The lowest BCUT2D eigenvalue weighted by atomic mass is 9.72. The standard InChI is InChI=1S/C23H32N2O4/c1-4-17-15-25-11-9-19-18-7-5-6-8-20(18)24-21(19)22(25,2)23(17,26)10-12-28-16-29-14-13-27-3/h4-8,24,26H,9-16H2,1-3H3/b17-4+/t22-,23-/m0/s1. The van der Waals surface area contributed by atoms with E-state index in [2.05, 4.69) is 47.1 Å². The number of ether oxygens (including phenoxy) is 3. The number of aromatic nitrogens is 1. The number of H-pyrrole nitrogens is 1. The van der Waals surface area contributed by atoms with Crippen LogP contribution in [0.3, 0.4) is 0 Å². The van der Waals surface area contributed by atoms with E-state index in [0.717, 1.165) is 36.3 Å². The zero-order chi connectivity index (χ0) is 20.5. The minimum Gasteiger partial charge on any atom is -0.383 e. The van der Waals surface area contributed by atoms with E-state index >= 15 is 0 Å². The molecule has 3 heterocycles. The Morgan fingerprint density at radius 2 is 2.00 bits per heavy atom. The van der Waals surface area contributed by atoms with E-state index in [1.807, 2.05) is 6.92 Å². The quantitative estimate of drug-likeness (QED) is 0.405. The van der Waals surface area contributed by atoms with Crippen LogP contribution in [0.4, 0.5) is 0 Å². The molecule has 0 bridgehead atoms. The summed E-state index contributed by atoms with van der Waals surface area (Å²) in [6, 6.07) is 8.43. The zero-order valence-corrected chi connectivity index (χ0v) is 17.7. The molecule has 4 rings (SSSR count). The Morgan fingerprint density at radius 3 is 2.79 bits per heavy atom. The van der Waals surface area contributed by atoms with E-state index in [1.54, 1.807) is 7.11 Å². The van der Waals surface area contributed by atoms with Crippen LogP contribution in [0, 0.1) is 0 Å². The van der Waals surface area contributed by atoms with Crippen molar-refractivity contribution in [1.29, 1.82) is 0 Å². The van der Waals surface area contributed by atoms with E-state index in [9.17, 15) is 5.11 Å². The third-order valence-electron chi connectivity index (χ3n) is 6.82. The number of fused-ring (bicyclic) bond motifs is 5. The van der Waals surface area contributed by atoms with E-state index < -0.39 is 11.1 Å². The summed E-state index contributed by atoms with van der Waals surface area (Å²) in [5.41, 5.74) is 3.17. The number of benzene rings is 1. The number of allylic oxidation sites excluding steroid dienone is 1. The Kier molecular flexibility index (Phi) is 5.82. The molecule has 0 radical (unpaired) electrons. The summed E-state index contributed by atoms with van der Waals surface area (Å²) in [5, 5.41) is 13.3. The van der Waals surface area contributed by atoms with Crippen molar-refractivity contribution in [2.45, 2.75) is 37.8 Å². The summed E-state index contributed by atoms with van der Waals surface area (Å²) >= 11 is 0. The third kappa shape index (κ3) is 3.23. The van der Waals surface area contributed by atoms with Gasteiger partial charge < -0.3 is 24.3 Å². The van der Waals surface area contributed by atoms with Gasteiger partial charge in [-0.3, -0.25) is 4.90 Å². The molecular weight excluding hydrogens is 368 g/mol. The molecule has 2 aliphatic heterocycles. The van der Waals surface area contributed by atoms with Crippen LogP contribution in [-0.4, -0.2) is 67.4 Å². The first-order valence-corrected chi connectivity index (χ1v) is 10.4. The van der Waals surface area contributed by atoms with Crippen molar-refractivity contribution in [2.24, 2.45) is 0 Å². The fourth-order valence-corrected chi connectivity index (χ4v) is 5.13. The average Bonchev–Trinajstić information content (AvgIpc) is 3.21. The van der Waals surface area contributed by atoms with Crippen LogP contribution in [0.5, 0.6) is 0 Å². The second-order valence-electron chi connectivity index (χ2n) is 8.12. The molecule has 2 N–H and O–H groups in total. The summed E-state index contributed by atoms with van der Waals surface area (Å²) in [5.74, 6) is 0. The van der Waals surface area contributed by atoms with Gasteiger partial charge in [0.05, 0.1) is 25.4 Å². The molecule has 0 unspecified atom stereocenters. The van der Waals surface area contributed by atoms with Crippen LogP contribution in [-0.2, 0) is 26.2 Å². The lowest BCUT2D eigenvalue weighted by Crippen LogP contribution is -2.57. The van der Waals surface area contributed by atoms with Crippen molar-refractivity contribution in [2.75, 3.05) is 46.8 Å². The van der Waals surface area contributed by atoms with Crippen molar-refractivity contribution in [3.05, 3.63) is 47.2 Å². The van der Waals surface area contributed by atoms with Gasteiger partial charge in [-0.2, -0.15) is 0 Å². The normalized spacial score (nSPS) is 28.2. The monoisotopic (exact) mass is 400 g/mol. The van der Waals surface area contributed by atoms with Gasteiger partial charge in [0.25, 0.3) is 0 Å². The smallest absolute Gasteiger partial charge is 0.146 e. The number of hydrogen-bond acceptors (Lipinski definition) is 5. The van der Waals surface area contributed by atoms with Gasteiger partial charge in [0.2, 0.25) is 0 Å². The topological polar surface area (TPSA) is 67.0 Å². The molecule has 0 saturated carbocycles. The van der Waals surface area contributed by atoms with Crippen molar-refractivity contribution >= 4 is 10.9 Å². The number of rotatable bonds is 8. The number of nitrogens with one attached hydrogen (secondary N) is 1. The van der Waals surface area contributed by atoms with E-state index in [0.29, 0.717) is 26.2 Å². The molecule has 2 atom stereocenters. The minimum absolute atomic E-state index is 0.211. The Balaban J connectivity index is 1.60. The second-order valence-corrected chi connectivity index (χ2v) is 8.12. The molecule has 2 aliphatic rings. The fourth-order valence-electron chi connectivity index (χ4n) is 5.13. The largest absolute Gasteiger partial charge is 0.383 e. The van der Waals surface area contributed by atoms with Crippen LogP contribution in [0.25, 0.3) is 10.9 Å². The summed E-state index contributed by atoms with van der Waals surface area (Å²) in [6.07, 6.45) is 3.58. The van der Waals surface area contributed by atoms with Gasteiger partial charge in [0, 0.05) is 43.2 Å². The first-order chi connectivity index (χ1) is 14.1. The number of aliphatic hydroxyl groups is 1. The number of hydrogen-bond donors (Lipinski definition) is 2. The lowest BCUT2D eigenvalue weighted by molar-refractivity contribution is -0.0990. The molecule has 2 aromatic rings. The Morgan fingerprint density at radius 1 is 1.21 bits per heavy atom. The molecule has 1 fully saturated rings. The highest BCUT2D eigenvalue weighted by atomic mass is 16.7. The molecule has 158 valence electrons. The van der Waals surface area contributed by atoms with E-state index in [1.165, 1.54) is 10.9 Å². The predicted molar refractivity (Wildman–Crippen MR) is 113 cm³/mol. The maximum absolute atomic E-state index is 12.0. The highest BCUT2D eigenvalue weighted by Gasteiger charge is 2.61. The summed E-state index contributed by atoms with van der Waals surface area (Å²) in [4.78, 5) is 6.06. The molecule has 6 nitrogen and oxygen atoms in total. The second kappa shape index (κ2) is 8.20. The van der Waals surface area contributed by atoms with Gasteiger partial charge in [-0.05, 0) is 37.5 Å². The Hall–Kier alpha value is -1.70. The number of aromatic amines is 1. The molecule has 0 aliphatic carbocycles. The summed E-state index contributed by atoms with van der Waals surface area (Å²) < 4.78 is 16.0. The first-order valence-electron chi connectivity index (χ1n) is 10.4. The average molecular weight is 401 g/mol. The van der Waals surface area contributed by atoms with Crippen LogP contribution in [0.1, 0.15) is 31.5 Å². The van der Waals surface area contributed by atoms with Gasteiger partial charge in [0.15, 0.2) is 0 Å². The van der Waals surface area contributed by atoms with Gasteiger partial charge in [-0.25, -0.2) is 0 Å². The zero-order valence-electron chi connectivity index (χ0n) is 17.7. The molecule has 29 heavy (non-hydrogen) atoms. The van der Waals surface area contributed by atoms with Crippen molar-refractivity contribution in [3.63, 3.8) is 0 Å². The highest BCUT2D eigenvalue weighted by Crippen LogP contribution is 2.53. The third-order valence-corrected chi connectivity index (χ3v) is 6.82. The molecule has 0 spiro atoms. The predicted octanol–water partition coefficient (Wildman–Crippen LogP) is 2.96. The number of nitrogens with zero attached hydrogens (tertiary/aromatic N) is 1. The van der Waals surface area contributed by atoms with Crippen LogP contribution >= 0.6 is 0 Å². The lowest BCUT2D eigenvalue weighted by Gasteiger charge is -2.47. The van der Waals surface area contributed by atoms with Crippen LogP contribution in [0.15, 0.2) is 35.9 Å². The van der Waals surface area contributed by atoms with Crippen LogP contribution in [0.2, 0.25) is 0 Å². The minimum atomic E-state index is -0.996. The molecule has 1 saturated heterocycles. The first kappa shape index (κ1) is 20.6. The SMILES string of the molecule is C/C=C1\CN2CCc3c([nH]c4ccccc34)[C@@]2(C)[C@]1(O)CCOCOCCOC. The maximum atomic E-state index is 12.0. The Labute approximate surface area is 172 Å².